The van der Waals surface area contributed by atoms with E-state index in [1.165, 1.54) is 0 Å². The summed E-state index contributed by atoms with van der Waals surface area (Å²) in [6, 6.07) is 17.1. The molecule has 3 aliphatic rings. The molecule has 0 spiro atoms. The minimum absolute atomic E-state index is 0.116. The number of hydrogen-bond acceptors (Lipinski definition) is 3. The second kappa shape index (κ2) is 6.12. The third-order valence-electron chi connectivity index (χ3n) is 6.22. The summed E-state index contributed by atoms with van der Waals surface area (Å²) in [6.07, 6.45) is 3.86. The molecule has 138 valence electrons. The molecule has 2 aliphatic heterocycles. The van der Waals surface area contributed by atoms with Crippen LogP contribution in [-0.4, -0.2) is 17.5 Å². The lowest BCUT2D eigenvalue weighted by Crippen LogP contribution is -2.69. The maximum atomic E-state index is 13.1. The van der Waals surface area contributed by atoms with Gasteiger partial charge in [0.05, 0.1) is 0 Å². The summed E-state index contributed by atoms with van der Waals surface area (Å²) in [5.41, 5.74) is 1.01. The van der Waals surface area contributed by atoms with E-state index in [1.807, 2.05) is 54.6 Å². The van der Waals surface area contributed by atoms with Gasteiger partial charge in [-0.1, -0.05) is 42.8 Å². The van der Waals surface area contributed by atoms with Crippen LogP contribution in [0.3, 0.4) is 0 Å². The summed E-state index contributed by atoms with van der Waals surface area (Å²) < 4.78 is 6.35. The number of benzene rings is 2. The largest absolute Gasteiger partial charge is 0.467 e. The molecule has 1 aliphatic carbocycles. The van der Waals surface area contributed by atoms with E-state index < -0.39 is 11.6 Å². The van der Waals surface area contributed by atoms with Crippen LogP contribution in [-0.2, 0) is 9.59 Å². The third-order valence-corrected chi connectivity index (χ3v) is 6.22. The van der Waals surface area contributed by atoms with Gasteiger partial charge in [0.1, 0.15) is 11.7 Å². The van der Waals surface area contributed by atoms with Crippen molar-refractivity contribution in [3.63, 3.8) is 0 Å². The molecule has 0 aromatic heterocycles. The molecule has 27 heavy (non-hydrogen) atoms. The highest BCUT2D eigenvalue weighted by atomic mass is 16.5. The molecule has 5 rings (SSSR count). The molecule has 4 atom stereocenters. The number of piperidine rings is 1. The highest BCUT2D eigenvalue weighted by Gasteiger charge is 2.60. The van der Waals surface area contributed by atoms with E-state index in [-0.39, 0.29) is 23.7 Å². The van der Waals surface area contributed by atoms with Crippen molar-refractivity contribution in [1.29, 1.82) is 0 Å². The fourth-order valence-corrected chi connectivity index (χ4v) is 5.09. The predicted octanol–water partition coefficient (Wildman–Crippen LogP) is 3.43. The Morgan fingerprint density at radius 1 is 1.07 bits per heavy atom. The molecule has 5 nitrogen and oxygen atoms in total. The zero-order valence-corrected chi connectivity index (χ0v) is 15.0. The Morgan fingerprint density at radius 2 is 1.85 bits per heavy atom. The standard InChI is InChI=1S/C22H22N2O3/c25-20(23-14-8-2-1-3-9-14)19-18-15-10-4-5-12-17(15)27-22(24-21(19)26)13-7-6-11-16(18)22/h1-5,8-10,12,16,18-19H,6-7,11,13H2,(H,23,25)(H,24,26)/t16-,18+,19+,22+/m0/s1. The third kappa shape index (κ3) is 2.52. The van der Waals surface area contributed by atoms with Crippen LogP contribution in [0.2, 0.25) is 0 Å². The van der Waals surface area contributed by atoms with E-state index in [4.69, 9.17) is 4.74 Å². The Bertz CT molecular complexity index is 897. The number of hydrogen-bond donors (Lipinski definition) is 2. The van der Waals surface area contributed by atoms with Crippen molar-refractivity contribution in [3.8, 4) is 5.75 Å². The molecule has 0 unspecified atom stereocenters. The number of carbonyl (C=O) groups is 2. The number of amides is 2. The topological polar surface area (TPSA) is 67.4 Å². The van der Waals surface area contributed by atoms with Gasteiger partial charge in [0.2, 0.25) is 11.8 Å². The monoisotopic (exact) mass is 362 g/mol. The zero-order valence-electron chi connectivity index (χ0n) is 15.0. The predicted molar refractivity (Wildman–Crippen MR) is 101 cm³/mol. The molecule has 2 N–H and O–H groups in total. The minimum atomic E-state index is -0.758. The normalized spacial score (nSPS) is 31.0. The quantitative estimate of drug-likeness (QED) is 0.805. The average molecular weight is 362 g/mol. The molecule has 5 heteroatoms. The first kappa shape index (κ1) is 16.4. The van der Waals surface area contributed by atoms with Crippen LogP contribution in [0, 0.1) is 11.8 Å². The summed E-state index contributed by atoms with van der Waals surface area (Å²) in [5, 5.41) is 6.03. The van der Waals surface area contributed by atoms with Gasteiger partial charge in [-0.2, -0.15) is 0 Å². The summed E-state index contributed by atoms with van der Waals surface area (Å²) in [6.45, 7) is 0. The fourth-order valence-electron chi connectivity index (χ4n) is 5.09. The van der Waals surface area contributed by atoms with Crippen molar-refractivity contribution in [2.75, 3.05) is 5.32 Å². The van der Waals surface area contributed by atoms with Crippen molar-refractivity contribution in [1.82, 2.24) is 5.32 Å². The molecule has 0 radical (unpaired) electrons. The molecule has 1 saturated carbocycles. The molecular formula is C22H22N2O3. The fraction of sp³-hybridized carbons (Fsp3) is 0.364. The van der Waals surface area contributed by atoms with Crippen LogP contribution in [0.4, 0.5) is 5.69 Å². The zero-order chi connectivity index (χ0) is 18.4. The first-order chi connectivity index (χ1) is 13.2. The van der Waals surface area contributed by atoms with Gasteiger partial charge in [-0.15, -0.1) is 0 Å². The Hall–Kier alpha value is -2.82. The highest BCUT2D eigenvalue weighted by Crippen LogP contribution is 2.55. The molecule has 1 saturated heterocycles. The van der Waals surface area contributed by atoms with Crippen LogP contribution in [0.5, 0.6) is 5.75 Å². The van der Waals surface area contributed by atoms with Crippen LogP contribution >= 0.6 is 0 Å². The van der Waals surface area contributed by atoms with Gasteiger partial charge in [-0.05, 0) is 36.6 Å². The van der Waals surface area contributed by atoms with E-state index in [0.29, 0.717) is 5.69 Å². The lowest BCUT2D eigenvalue weighted by atomic mass is 9.62. The van der Waals surface area contributed by atoms with Crippen molar-refractivity contribution >= 4 is 17.5 Å². The van der Waals surface area contributed by atoms with Crippen LogP contribution in [0.15, 0.2) is 54.6 Å². The van der Waals surface area contributed by atoms with Gasteiger partial charge < -0.3 is 15.4 Å². The van der Waals surface area contributed by atoms with Crippen LogP contribution in [0.25, 0.3) is 0 Å². The molecule has 2 amide bonds. The summed E-state index contributed by atoms with van der Waals surface area (Å²) in [5.74, 6) is -0.497. The number of fused-ring (bicyclic) bond motifs is 2. The van der Waals surface area contributed by atoms with Crippen LogP contribution in [0.1, 0.15) is 37.2 Å². The van der Waals surface area contributed by atoms with Crippen molar-refractivity contribution in [2.45, 2.75) is 37.3 Å². The summed E-state index contributed by atoms with van der Waals surface area (Å²) >= 11 is 0. The van der Waals surface area contributed by atoms with E-state index >= 15 is 0 Å². The molecule has 2 aromatic rings. The molecular weight excluding hydrogens is 340 g/mol. The van der Waals surface area contributed by atoms with Crippen molar-refractivity contribution in [2.24, 2.45) is 11.8 Å². The Balaban J connectivity index is 1.57. The maximum absolute atomic E-state index is 13.1. The number of rotatable bonds is 2. The second-order valence-electron chi connectivity index (χ2n) is 7.73. The molecule has 2 bridgehead atoms. The second-order valence-corrected chi connectivity index (χ2v) is 7.73. The lowest BCUT2D eigenvalue weighted by Gasteiger charge is -2.55. The SMILES string of the molecule is O=C(Nc1ccccc1)[C@@H]1C(=O)N[C@@]23CCCC[C@H]2[C@H]1c1ccccc1O3. The number of ether oxygens (including phenoxy) is 1. The van der Waals surface area contributed by atoms with Gasteiger partial charge in [0, 0.05) is 23.9 Å². The number of anilines is 1. The smallest absolute Gasteiger partial charge is 0.237 e. The Morgan fingerprint density at radius 3 is 2.70 bits per heavy atom. The first-order valence-corrected chi connectivity index (χ1v) is 9.64. The summed E-state index contributed by atoms with van der Waals surface area (Å²) in [4.78, 5) is 26.2. The van der Waals surface area contributed by atoms with E-state index in [9.17, 15) is 9.59 Å². The van der Waals surface area contributed by atoms with Gasteiger partial charge in [-0.3, -0.25) is 9.59 Å². The number of carbonyl (C=O) groups excluding carboxylic acids is 2. The highest BCUT2D eigenvalue weighted by molar-refractivity contribution is 6.08. The van der Waals surface area contributed by atoms with Crippen molar-refractivity contribution in [3.05, 3.63) is 60.2 Å². The Kier molecular flexibility index (Phi) is 3.71. The van der Waals surface area contributed by atoms with Gasteiger partial charge in [-0.25, -0.2) is 0 Å². The number of para-hydroxylation sites is 2. The molecule has 2 heterocycles. The average Bonchev–Trinajstić information content (AvgIpc) is 2.67. The Labute approximate surface area is 158 Å². The van der Waals surface area contributed by atoms with E-state index in [1.54, 1.807) is 0 Å². The van der Waals surface area contributed by atoms with Gasteiger partial charge in [0.15, 0.2) is 5.72 Å². The van der Waals surface area contributed by atoms with Crippen molar-refractivity contribution < 1.29 is 14.3 Å². The van der Waals surface area contributed by atoms with Gasteiger partial charge in [0.25, 0.3) is 0 Å². The van der Waals surface area contributed by atoms with Gasteiger partial charge >= 0.3 is 0 Å². The minimum Gasteiger partial charge on any atom is -0.467 e. The molecule has 2 aromatic carbocycles. The maximum Gasteiger partial charge on any atom is 0.237 e. The lowest BCUT2D eigenvalue weighted by molar-refractivity contribution is -0.160. The molecule has 2 fully saturated rings. The summed E-state index contributed by atoms with van der Waals surface area (Å²) in [7, 11) is 0. The first-order valence-electron chi connectivity index (χ1n) is 9.64. The van der Waals surface area contributed by atoms with Crippen LogP contribution < -0.4 is 15.4 Å². The van der Waals surface area contributed by atoms with E-state index in [2.05, 4.69) is 10.6 Å². The number of nitrogens with one attached hydrogen (secondary N) is 2. The van der Waals surface area contributed by atoms with E-state index in [0.717, 1.165) is 37.0 Å².